The van der Waals surface area contributed by atoms with E-state index in [9.17, 15) is 14.9 Å². The molecule has 1 unspecified atom stereocenters. The maximum atomic E-state index is 13.0. The Balaban J connectivity index is 1.72. The minimum absolute atomic E-state index is 0.0492. The van der Waals surface area contributed by atoms with Gasteiger partial charge in [-0.05, 0) is 34.8 Å². The van der Waals surface area contributed by atoms with Crippen LogP contribution in [0, 0.1) is 10.1 Å². The topological polar surface area (TPSA) is 93.6 Å². The van der Waals surface area contributed by atoms with E-state index in [0.29, 0.717) is 24.2 Å². The predicted molar refractivity (Wildman–Crippen MR) is 96.9 cm³/mol. The van der Waals surface area contributed by atoms with Crippen molar-refractivity contribution in [3.63, 3.8) is 0 Å². The molecule has 0 fully saturated rings. The van der Waals surface area contributed by atoms with E-state index < -0.39 is 11.0 Å². The normalized spacial score (nSPS) is 16.5. The monoisotopic (exact) mass is 415 g/mol. The van der Waals surface area contributed by atoms with Crippen LogP contribution in [0.3, 0.4) is 0 Å². The fourth-order valence-electron chi connectivity index (χ4n) is 3.43. The van der Waals surface area contributed by atoms with Gasteiger partial charge in [0, 0.05) is 31.1 Å². The van der Waals surface area contributed by atoms with E-state index in [1.165, 1.54) is 10.6 Å². The van der Waals surface area contributed by atoms with Crippen molar-refractivity contribution in [1.82, 2.24) is 19.5 Å². The van der Waals surface area contributed by atoms with E-state index in [4.69, 9.17) is 0 Å². The van der Waals surface area contributed by atoms with Gasteiger partial charge in [-0.1, -0.05) is 12.1 Å². The van der Waals surface area contributed by atoms with Crippen LogP contribution in [0.1, 0.15) is 34.6 Å². The van der Waals surface area contributed by atoms with Gasteiger partial charge in [-0.3, -0.25) is 14.9 Å². The lowest BCUT2D eigenvalue weighted by atomic mass is 9.91. The maximum absolute atomic E-state index is 13.0. The number of hydrogen-bond donors (Lipinski definition) is 0. The number of halogens is 1. The van der Waals surface area contributed by atoms with Gasteiger partial charge in [0.05, 0.1) is 21.0 Å². The van der Waals surface area contributed by atoms with E-state index in [0.717, 1.165) is 10.0 Å². The van der Waals surface area contributed by atoms with Crippen LogP contribution in [0.15, 0.2) is 41.1 Å². The Labute approximate surface area is 156 Å². The molecule has 1 aliphatic rings. The van der Waals surface area contributed by atoms with Crippen LogP contribution in [-0.2, 0) is 6.42 Å². The number of nitro benzene ring substituents is 1. The zero-order valence-corrected chi connectivity index (χ0v) is 15.4. The number of carbonyl (C=O) groups excluding carboxylic acids is 1. The van der Waals surface area contributed by atoms with Crippen LogP contribution in [0.2, 0.25) is 0 Å². The largest absolute Gasteiger partial charge is 0.330 e. The smallest absolute Gasteiger partial charge is 0.274 e. The summed E-state index contributed by atoms with van der Waals surface area (Å²) in [7, 11) is 0. The highest BCUT2D eigenvalue weighted by atomic mass is 79.9. The molecular formula is C17H14BrN5O3. The summed E-state index contributed by atoms with van der Waals surface area (Å²) >= 11 is 3.32. The molecule has 0 N–H and O–H groups in total. The number of carbonyl (C=O) groups is 1. The highest BCUT2D eigenvalue weighted by Crippen LogP contribution is 2.36. The molecule has 8 nitrogen and oxygen atoms in total. The number of aromatic nitrogens is 3. The molecule has 1 aliphatic heterocycles. The Hall–Kier alpha value is -2.81. The quantitative estimate of drug-likeness (QED) is 0.473. The highest BCUT2D eigenvalue weighted by molar-refractivity contribution is 9.10. The van der Waals surface area contributed by atoms with Crippen LogP contribution in [0.4, 0.5) is 5.69 Å². The van der Waals surface area contributed by atoms with E-state index in [2.05, 4.69) is 26.0 Å². The molecule has 4 rings (SSSR count). The number of hydrogen-bond acceptors (Lipinski definition) is 5. The van der Waals surface area contributed by atoms with Gasteiger partial charge in [-0.2, -0.15) is 5.10 Å². The van der Waals surface area contributed by atoms with Gasteiger partial charge in [-0.15, -0.1) is 0 Å². The third kappa shape index (κ3) is 2.64. The lowest BCUT2D eigenvalue weighted by Crippen LogP contribution is -2.39. The van der Waals surface area contributed by atoms with Gasteiger partial charge in [0.15, 0.2) is 11.3 Å². The molecular weight excluding hydrogens is 402 g/mol. The van der Waals surface area contributed by atoms with Crippen molar-refractivity contribution in [2.24, 2.45) is 0 Å². The fourth-order valence-corrected chi connectivity index (χ4v) is 3.73. The lowest BCUT2D eigenvalue weighted by molar-refractivity contribution is -0.386. The molecule has 1 amide bonds. The Morgan fingerprint density at radius 1 is 1.42 bits per heavy atom. The molecule has 0 bridgehead atoms. The third-order valence-corrected chi connectivity index (χ3v) is 5.05. The minimum Gasteiger partial charge on any atom is -0.330 e. The Morgan fingerprint density at radius 2 is 2.23 bits per heavy atom. The van der Waals surface area contributed by atoms with Gasteiger partial charge in [-0.25, -0.2) is 9.50 Å². The molecule has 1 atom stereocenters. The number of rotatable bonds is 2. The first-order valence-electron chi connectivity index (χ1n) is 8.04. The molecule has 0 saturated carbocycles. The summed E-state index contributed by atoms with van der Waals surface area (Å²) in [5, 5.41) is 15.7. The summed E-state index contributed by atoms with van der Waals surface area (Å²) < 4.78 is 2.28. The second kappa shape index (κ2) is 6.17. The van der Waals surface area contributed by atoms with Crippen LogP contribution in [0.5, 0.6) is 0 Å². The summed E-state index contributed by atoms with van der Waals surface area (Å²) in [5.74, 6) is -0.261. The van der Waals surface area contributed by atoms with Crippen molar-refractivity contribution in [1.29, 1.82) is 0 Å². The van der Waals surface area contributed by atoms with Crippen molar-refractivity contribution in [2.75, 3.05) is 6.54 Å². The molecule has 3 heterocycles. The standard InChI is InChI=1S/C17H14BrN5O3/c1-10-16-11(3-2-4-14(16)23(25)26)5-6-21(10)17(24)13-7-15-19-8-12(18)9-22(15)20-13/h2-4,7-10H,5-6H2,1H3. The Bertz CT molecular complexity index is 1050. The zero-order valence-electron chi connectivity index (χ0n) is 13.8. The minimum atomic E-state index is -0.405. The first-order chi connectivity index (χ1) is 12.5. The maximum Gasteiger partial charge on any atom is 0.274 e. The summed E-state index contributed by atoms with van der Waals surface area (Å²) in [4.78, 5) is 29.8. The van der Waals surface area contributed by atoms with Crippen molar-refractivity contribution >= 4 is 33.2 Å². The average molecular weight is 416 g/mol. The van der Waals surface area contributed by atoms with Gasteiger partial charge in [0.25, 0.3) is 11.6 Å². The van der Waals surface area contributed by atoms with Gasteiger partial charge in [0.1, 0.15) is 0 Å². The molecule has 0 aliphatic carbocycles. The van der Waals surface area contributed by atoms with Gasteiger partial charge >= 0.3 is 0 Å². The molecule has 3 aromatic rings. The predicted octanol–water partition coefficient (Wildman–Crippen LogP) is 3.16. The summed E-state index contributed by atoms with van der Waals surface area (Å²) in [6.07, 6.45) is 3.93. The average Bonchev–Trinajstić information content (AvgIpc) is 3.04. The van der Waals surface area contributed by atoms with Crippen LogP contribution < -0.4 is 0 Å². The van der Waals surface area contributed by atoms with Crippen molar-refractivity contribution < 1.29 is 9.72 Å². The molecule has 0 spiro atoms. The summed E-state index contributed by atoms with van der Waals surface area (Å²) in [6, 6.07) is 6.27. The molecule has 1 aromatic carbocycles. The molecule has 0 saturated heterocycles. The summed E-state index contributed by atoms with van der Waals surface area (Å²) in [6.45, 7) is 2.30. The second-order valence-electron chi connectivity index (χ2n) is 6.14. The molecule has 0 radical (unpaired) electrons. The van der Waals surface area contributed by atoms with Crippen molar-refractivity contribution in [3.8, 4) is 0 Å². The van der Waals surface area contributed by atoms with E-state index in [1.54, 1.807) is 29.4 Å². The third-order valence-electron chi connectivity index (χ3n) is 4.64. The number of benzene rings is 1. The zero-order chi connectivity index (χ0) is 18.4. The van der Waals surface area contributed by atoms with Crippen molar-refractivity contribution in [2.45, 2.75) is 19.4 Å². The van der Waals surface area contributed by atoms with Crippen LogP contribution >= 0.6 is 15.9 Å². The van der Waals surface area contributed by atoms with Crippen molar-refractivity contribution in [3.05, 3.63) is 68.1 Å². The van der Waals surface area contributed by atoms with Crippen LogP contribution in [0.25, 0.3) is 5.65 Å². The number of amides is 1. The first kappa shape index (κ1) is 16.6. The Morgan fingerprint density at radius 3 is 3.00 bits per heavy atom. The van der Waals surface area contributed by atoms with E-state index >= 15 is 0 Å². The second-order valence-corrected chi connectivity index (χ2v) is 7.05. The number of nitro groups is 1. The molecule has 9 heteroatoms. The molecule has 2 aromatic heterocycles. The summed E-state index contributed by atoms with van der Waals surface area (Å²) in [5.41, 5.74) is 2.39. The highest BCUT2D eigenvalue weighted by Gasteiger charge is 2.34. The van der Waals surface area contributed by atoms with E-state index in [-0.39, 0.29) is 17.3 Å². The van der Waals surface area contributed by atoms with E-state index in [1.807, 2.05) is 13.0 Å². The SMILES string of the molecule is CC1c2c(cccc2[N+](=O)[O-])CCN1C(=O)c1cc2ncc(Br)cn2n1. The lowest BCUT2D eigenvalue weighted by Gasteiger charge is -2.34. The molecule has 132 valence electrons. The van der Waals surface area contributed by atoms with Crippen LogP contribution in [-0.4, -0.2) is 36.9 Å². The Kier molecular flexibility index (Phi) is 3.95. The van der Waals surface area contributed by atoms with Gasteiger partial charge in [0.2, 0.25) is 0 Å². The number of fused-ring (bicyclic) bond motifs is 2. The first-order valence-corrected chi connectivity index (χ1v) is 8.83. The fraction of sp³-hybridized carbons (Fsp3) is 0.235. The number of nitrogens with zero attached hydrogens (tertiary/aromatic N) is 5. The molecule has 26 heavy (non-hydrogen) atoms. The van der Waals surface area contributed by atoms with Gasteiger partial charge < -0.3 is 4.90 Å².